The molecular formula is C19H17N5O2S. The van der Waals surface area contributed by atoms with Crippen LogP contribution in [-0.2, 0) is 11.3 Å². The lowest BCUT2D eigenvalue weighted by Crippen LogP contribution is -2.33. The molecule has 27 heavy (non-hydrogen) atoms. The Kier molecular flexibility index (Phi) is 4.55. The average molecular weight is 379 g/mol. The second kappa shape index (κ2) is 7.16. The first-order chi connectivity index (χ1) is 13.1. The van der Waals surface area contributed by atoms with Crippen LogP contribution in [0, 0.1) is 0 Å². The molecule has 0 saturated heterocycles. The summed E-state index contributed by atoms with van der Waals surface area (Å²) in [7, 11) is 0. The van der Waals surface area contributed by atoms with E-state index in [4.69, 9.17) is 0 Å². The van der Waals surface area contributed by atoms with Gasteiger partial charge >= 0.3 is 0 Å². The average Bonchev–Trinajstić information content (AvgIpc) is 3.34. The number of nitrogens with one attached hydrogen (secondary N) is 1. The van der Waals surface area contributed by atoms with Crippen LogP contribution < -0.4 is 10.9 Å². The molecule has 0 unspecified atom stereocenters. The normalized spacial score (nSPS) is 12.2. The van der Waals surface area contributed by atoms with E-state index >= 15 is 0 Å². The first-order valence-corrected chi connectivity index (χ1v) is 9.33. The van der Waals surface area contributed by atoms with Gasteiger partial charge in [0.15, 0.2) is 5.65 Å². The summed E-state index contributed by atoms with van der Waals surface area (Å²) >= 11 is 1.58. The van der Waals surface area contributed by atoms with Crippen molar-refractivity contribution in [3.05, 3.63) is 75.6 Å². The molecule has 1 aromatic carbocycles. The Bertz CT molecular complexity index is 1130. The fourth-order valence-electron chi connectivity index (χ4n) is 2.87. The van der Waals surface area contributed by atoms with E-state index in [0.29, 0.717) is 11.0 Å². The monoisotopic (exact) mass is 379 g/mol. The maximum absolute atomic E-state index is 12.7. The maximum atomic E-state index is 12.7. The van der Waals surface area contributed by atoms with Crippen molar-refractivity contribution in [3.8, 4) is 5.69 Å². The summed E-state index contributed by atoms with van der Waals surface area (Å²) in [4.78, 5) is 30.4. The third-order valence-corrected chi connectivity index (χ3v) is 5.27. The number of aromatic nitrogens is 4. The number of carbonyl (C=O) groups excluding carboxylic acids is 1. The minimum Gasteiger partial charge on any atom is -0.347 e. The number of benzene rings is 1. The van der Waals surface area contributed by atoms with Crippen LogP contribution in [0.2, 0.25) is 0 Å². The van der Waals surface area contributed by atoms with Crippen LogP contribution in [-0.4, -0.2) is 25.2 Å². The molecule has 0 aliphatic heterocycles. The van der Waals surface area contributed by atoms with Gasteiger partial charge in [0.1, 0.15) is 18.3 Å². The second-order valence-electron chi connectivity index (χ2n) is 6.11. The fourth-order valence-corrected chi connectivity index (χ4v) is 3.60. The molecule has 0 aliphatic rings. The molecule has 4 aromatic rings. The van der Waals surface area contributed by atoms with Gasteiger partial charge < -0.3 is 5.32 Å². The van der Waals surface area contributed by atoms with Gasteiger partial charge in [0.25, 0.3) is 5.56 Å². The number of hydrogen-bond donors (Lipinski definition) is 1. The van der Waals surface area contributed by atoms with Gasteiger partial charge in [0.2, 0.25) is 5.91 Å². The van der Waals surface area contributed by atoms with E-state index in [9.17, 15) is 9.59 Å². The molecule has 0 bridgehead atoms. The molecule has 8 heteroatoms. The van der Waals surface area contributed by atoms with E-state index in [-0.39, 0.29) is 24.1 Å². The molecule has 7 nitrogen and oxygen atoms in total. The molecule has 3 heterocycles. The van der Waals surface area contributed by atoms with E-state index in [0.717, 1.165) is 10.6 Å². The predicted molar refractivity (Wildman–Crippen MR) is 104 cm³/mol. The SMILES string of the molecule is C[C@H](NC(=O)Cn1cnc2c(cnn2-c2ccccc2)c1=O)c1cccs1. The molecule has 0 aliphatic carbocycles. The smallest absolute Gasteiger partial charge is 0.264 e. The lowest BCUT2D eigenvalue weighted by atomic mass is 10.3. The fraction of sp³-hybridized carbons (Fsp3) is 0.158. The predicted octanol–water partition coefficient (Wildman–Crippen LogP) is 2.52. The van der Waals surface area contributed by atoms with Gasteiger partial charge in [0.05, 0.1) is 17.9 Å². The number of hydrogen-bond acceptors (Lipinski definition) is 5. The molecule has 1 amide bonds. The topological polar surface area (TPSA) is 81.8 Å². The minimum absolute atomic E-state index is 0.0893. The van der Waals surface area contributed by atoms with Crippen molar-refractivity contribution in [2.24, 2.45) is 0 Å². The number of para-hydroxylation sites is 1. The molecule has 0 radical (unpaired) electrons. The van der Waals surface area contributed by atoms with Crippen molar-refractivity contribution in [1.82, 2.24) is 24.6 Å². The van der Waals surface area contributed by atoms with Gasteiger partial charge in [-0.3, -0.25) is 14.2 Å². The first kappa shape index (κ1) is 17.2. The Morgan fingerprint density at radius 1 is 1.22 bits per heavy atom. The van der Waals surface area contributed by atoms with Gasteiger partial charge in [-0.15, -0.1) is 11.3 Å². The van der Waals surface area contributed by atoms with Crippen LogP contribution in [0.5, 0.6) is 0 Å². The van der Waals surface area contributed by atoms with Crippen LogP contribution in [0.15, 0.2) is 65.2 Å². The molecule has 1 atom stereocenters. The zero-order valence-corrected chi connectivity index (χ0v) is 15.4. The third kappa shape index (κ3) is 3.39. The zero-order valence-electron chi connectivity index (χ0n) is 14.6. The van der Waals surface area contributed by atoms with Gasteiger partial charge in [-0.05, 0) is 30.5 Å². The Balaban J connectivity index is 1.57. The molecule has 0 spiro atoms. The summed E-state index contributed by atoms with van der Waals surface area (Å²) < 4.78 is 2.91. The van der Waals surface area contributed by atoms with E-state index in [1.165, 1.54) is 17.1 Å². The Morgan fingerprint density at radius 3 is 2.78 bits per heavy atom. The van der Waals surface area contributed by atoms with Gasteiger partial charge in [-0.2, -0.15) is 5.10 Å². The standard InChI is InChI=1S/C19H17N5O2S/c1-13(16-8-5-9-27-16)22-17(25)11-23-12-20-18-15(19(23)26)10-21-24(18)14-6-3-2-4-7-14/h2-10,12-13H,11H2,1H3,(H,22,25)/t13-/m0/s1. The molecule has 4 rings (SSSR count). The third-order valence-electron chi connectivity index (χ3n) is 4.22. The number of thiophene rings is 1. The Hall–Kier alpha value is -3.26. The second-order valence-corrected chi connectivity index (χ2v) is 7.09. The number of rotatable bonds is 5. The lowest BCUT2D eigenvalue weighted by molar-refractivity contribution is -0.122. The van der Waals surface area contributed by atoms with Crippen molar-refractivity contribution < 1.29 is 4.79 Å². The number of carbonyl (C=O) groups is 1. The lowest BCUT2D eigenvalue weighted by Gasteiger charge is -2.13. The largest absolute Gasteiger partial charge is 0.347 e. The highest BCUT2D eigenvalue weighted by Gasteiger charge is 2.15. The van der Waals surface area contributed by atoms with Crippen molar-refractivity contribution in [2.75, 3.05) is 0 Å². The van der Waals surface area contributed by atoms with Crippen molar-refractivity contribution >= 4 is 28.3 Å². The summed E-state index contributed by atoms with van der Waals surface area (Å²) in [5, 5.41) is 9.51. The Morgan fingerprint density at radius 2 is 2.04 bits per heavy atom. The van der Waals surface area contributed by atoms with Crippen LogP contribution in [0.4, 0.5) is 0 Å². The number of amides is 1. The summed E-state index contributed by atoms with van der Waals surface area (Å²) in [5.74, 6) is -0.241. The van der Waals surface area contributed by atoms with Crippen molar-refractivity contribution in [1.29, 1.82) is 0 Å². The van der Waals surface area contributed by atoms with Crippen molar-refractivity contribution in [3.63, 3.8) is 0 Å². The summed E-state index contributed by atoms with van der Waals surface area (Å²) in [6.07, 6.45) is 2.88. The van der Waals surface area contributed by atoms with E-state index in [1.54, 1.807) is 16.0 Å². The molecule has 136 valence electrons. The minimum atomic E-state index is -0.291. The molecule has 1 N–H and O–H groups in total. The van der Waals surface area contributed by atoms with Crippen LogP contribution in [0.25, 0.3) is 16.7 Å². The molecular weight excluding hydrogens is 362 g/mol. The zero-order chi connectivity index (χ0) is 18.8. The maximum Gasteiger partial charge on any atom is 0.264 e. The highest BCUT2D eigenvalue weighted by Crippen LogP contribution is 2.18. The van der Waals surface area contributed by atoms with Crippen LogP contribution >= 0.6 is 11.3 Å². The summed E-state index contributed by atoms with van der Waals surface area (Å²) in [5.41, 5.74) is 0.996. The van der Waals surface area contributed by atoms with Gasteiger partial charge in [0, 0.05) is 4.88 Å². The summed E-state index contributed by atoms with van der Waals surface area (Å²) in [6.45, 7) is 1.83. The highest BCUT2D eigenvalue weighted by atomic mass is 32.1. The highest BCUT2D eigenvalue weighted by molar-refractivity contribution is 7.10. The van der Waals surface area contributed by atoms with E-state index in [1.807, 2.05) is 54.8 Å². The van der Waals surface area contributed by atoms with E-state index in [2.05, 4.69) is 15.4 Å². The molecule has 0 saturated carbocycles. The van der Waals surface area contributed by atoms with E-state index < -0.39 is 0 Å². The van der Waals surface area contributed by atoms with Gasteiger partial charge in [-0.1, -0.05) is 24.3 Å². The Labute approximate surface area is 158 Å². The first-order valence-electron chi connectivity index (χ1n) is 8.45. The van der Waals surface area contributed by atoms with Crippen LogP contribution in [0.1, 0.15) is 17.8 Å². The number of fused-ring (bicyclic) bond motifs is 1. The van der Waals surface area contributed by atoms with Crippen molar-refractivity contribution in [2.45, 2.75) is 19.5 Å². The molecule has 0 fully saturated rings. The number of nitrogens with zero attached hydrogens (tertiary/aromatic N) is 4. The quantitative estimate of drug-likeness (QED) is 0.578. The van der Waals surface area contributed by atoms with Crippen LogP contribution in [0.3, 0.4) is 0 Å². The molecule has 3 aromatic heterocycles. The summed E-state index contributed by atoms with van der Waals surface area (Å²) in [6, 6.07) is 13.3. The van der Waals surface area contributed by atoms with Gasteiger partial charge in [-0.25, -0.2) is 9.67 Å².